The maximum absolute atomic E-state index is 4.00. The summed E-state index contributed by atoms with van der Waals surface area (Å²) in [5.41, 5.74) is 3.00. The van der Waals surface area contributed by atoms with Gasteiger partial charge in [-0.05, 0) is 38.5 Å². The fraction of sp³-hybridized carbons (Fsp3) is 0.692. The van der Waals surface area contributed by atoms with Gasteiger partial charge >= 0.3 is 0 Å². The molecule has 0 aromatic heterocycles. The van der Waals surface area contributed by atoms with E-state index in [1.54, 1.807) is 5.57 Å². The summed E-state index contributed by atoms with van der Waals surface area (Å²) in [6.45, 7) is 12.4. The van der Waals surface area contributed by atoms with Crippen LogP contribution in [0.2, 0.25) is 0 Å². The molecule has 0 unspecified atom stereocenters. The van der Waals surface area contributed by atoms with Gasteiger partial charge in [-0.2, -0.15) is 0 Å². The van der Waals surface area contributed by atoms with E-state index in [1.807, 2.05) is 13.8 Å². The Labute approximate surface area is 83.7 Å². The molecule has 0 N–H and O–H groups in total. The van der Waals surface area contributed by atoms with E-state index in [4.69, 9.17) is 0 Å². The van der Waals surface area contributed by atoms with Gasteiger partial charge in [0.1, 0.15) is 0 Å². The molecule has 1 rings (SSSR count). The van der Waals surface area contributed by atoms with Crippen molar-refractivity contribution in [1.82, 2.24) is 0 Å². The molecule has 0 fully saturated rings. The van der Waals surface area contributed by atoms with E-state index < -0.39 is 0 Å². The molecular formula is C13H24. The van der Waals surface area contributed by atoms with Crippen LogP contribution >= 0.6 is 0 Å². The lowest BCUT2D eigenvalue weighted by Gasteiger charge is -2.21. The Kier molecular flexibility index (Phi) is 6.66. The smallest absolute Gasteiger partial charge is 0.0171 e. The molecule has 1 aliphatic rings. The molecule has 0 saturated heterocycles. The lowest BCUT2D eigenvalue weighted by Crippen LogP contribution is -2.05. The lowest BCUT2D eigenvalue weighted by atomic mass is 9.85. The van der Waals surface area contributed by atoms with Crippen LogP contribution in [0.4, 0.5) is 0 Å². The van der Waals surface area contributed by atoms with Crippen molar-refractivity contribution >= 4 is 0 Å². The Morgan fingerprint density at radius 3 is 2.46 bits per heavy atom. The number of hydrogen-bond acceptors (Lipinski definition) is 0. The van der Waals surface area contributed by atoms with Gasteiger partial charge in [-0.25, -0.2) is 0 Å². The van der Waals surface area contributed by atoms with E-state index in [0.717, 1.165) is 5.92 Å². The van der Waals surface area contributed by atoms with E-state index in [2.05, 4.69) is 26.5 Å². The Morgan fingerprint density at radius 2 is 2.15 bits per heavy atom. The number of hydrogen-bond donors (Lipinski definition) is 0. The zero-order valence-corrected chi connectivity index (χ0v) is 9.69. The fourth-order valence-electron chi connectivity index (χ4n) is 1.66. The predicted octanol–water partition coefficient (Wildman–Crippen LogP) is 4.73. The highest BCUT2D eigenvalue weighted by Gasteiger charge is 2.13. The first-order chi connectivity index (χ1) is 6.24. The SMILES string of the molecule is C=C(C)[C@H]1CC=C(CC)CC1.CC. The average Bonchev–Trinajstić information content (AvgIpc) is 2.21. The van der Waals surface area contributed by atoms with Gasteiger partial charge in [-0.15, -0.1) is 0 Å². The fourth-order valence-corrected chi connectivity index (χ4v) is 1.66. The standard InChI is InChI=1S/C11H18.C2H6/c1-4-10-5-7-11(8-6-10)9(2)3;1-2/h5,11H,2,4,6-8H2,1,3H3;1-2H3/t11-;/m0./s1. The molecule has 0 aliphatic heterocycles. The zero-order chi connectivity index (χ0) is 10.3. The van der Waals surface area contributed by atoms with E-state index in [0.29, 0.717) is 0 Å². The molecule has 0 saturated carbocycles. The van der Waals surface area contributed by atoms with Crippen LogP contribution in [0.1, 0.15) is 53.4 Å². The third kappa shape index (κ3) is 4.31. The molecular weight excluding hydrogens is 156 g/mol. The molecule has 1 aliphatic carbocycles. The van der Waals surface area contributed by atoms with Crippen LogP contribution in [0.5, 0.6) is 0 Å². The Balaban J connectivity index is 0.000000671. The van der Waals surface area contributed by atoms with E-state index >= 15 is 0 Å². The molecule has 0 amide bonds. The molecule has 0 heteroatoms. The summed E-state index contributed by atoms with van der Waals surface area (Å²) in [6.07, 6.45) is 7.51. The topological polar surface area (TPSA) is 0 Å². The first-order valence-corrected chi connectivity index (χ1v) is 5.57. The third-order valence-corrected chi connectivity index (χ3v) is 2.66. The molecule has 0 aromatic carbocycles. The molecule has 0 radical (unpaired) electrons. The van der Waals surface area contributed by atoms with E-state index in [-0.39, 0.29) is 0 Å². The van der Waals surface area contributed by atoms with Gasteiger partial charge < -0.3 is 0 Å². The van der Waals surface area contributed by atoms with Crippen molar-refractivity contribution in [3.05, 3.63) is 23.8 Å². The largest absolute Gasteiger partial charge is 0.0998 e. The first kappa shape index (κ1) is 12.5. The minimum atomic E-state index is 0.769. The second-order valence-electron chi connectivity index (χ2n) is 3.53. The summed E-state index contributed by atoms with van der Waals surface area (Å²) in [7, 11) is 0. The van der Waals surface area contributed by atoms with Crippen LogP contribution in [-0.2, 0) is 0 Å². The van der Waals surface area contributed by atoms with E-state index in [1.165, 1.54) is 31.3 Å². The minimum absolute atomic E-state index is 0.769. The van der Waals surface area contributed by atoms with Crippen molar-refractivity contribution in [2.75, 3.05) is 0 Å². The first-order valence-electron chi connectivity index (χ1n) is 5.57. The maximum atomic E-state index is 4.00. The summed E-state index contributed by atoms with van der Waals surface area (Å²) in [6, 6.07) is 0. The third-order valence-electron chi connectivity index (χ3n) is 2.66. The van der Waals surface area contributed by atoms with Gasteiger partial charge in [-0.3, -0.25) is 0 Å². The van der Waals surface area contributed by atoms with Crippen molar-refractivity contribution in [3.8, 4) is 0 Å². The minimum Gasteiger partial charge on any atom is -0.0998 e. The maximum Gasteiger partial charge on any atom is -0.0171 e. The van der Waals surface area contributed by atoms with Crippen LogP contribution < -0.4 is 0 Å². The van der Waals surface area contributed by atoms with Crippen LogP contribution in [-0.4, -0.2) is 0 Å². The summed E-state index contributed by atoms with van der Waals surface area (Å²) < 4.78 is 0. The zero-order valence-electron chi connectivity index (χ0n) is 9.69. The molecule has 76 valence electrons. The highest BCUT2D eigenvalue weighted by atomic mass is 14.2. The van der Waals surface area contributed by atoms with Gasteiger partial charge in [-0.1, -0.05) is 44.6 Å². The summed E-state index contributed by atoms with van der Waals surface area (Å²) >= 11 is 0. The van der Waals surface area contributed by atoms with Gasteiger partial charge in [0.2, 0.25) is 0 Å². The van der Waals surface area contributed by atoms with Crippen LogP contribution in [0.15, 0.2) is 23.8 Å². The van der Waals surface area contributed by atoms with E-state index in [9.17, 15) is 0 Å². The normalized spacial score (nSPS) is 21.2. The Bertz CT molecular complexity index is 174. The average molecular weight is 180 g/mol. The van der Waals surface area contributed by atoms with Gasteiger partial charge in [0.05, 0.1) is 0 Å². The molecule has 0 heterocycles. The molecule has 0 aromatic rings. The second kappa shape index (κ2) is 6.94. The van der Waals surface area contributed by atoms with Crippen molar-refractivity contribution in [1.29, 1.82) is 0 Å². The summed E-state index contributed by atoms with van der Waals surface area (Å²) in [4.78, 5) is 0. The summed E-state index contributed by atoms with van der Waals surface area (Å²) in [5, 5.41) is 0. The van der Waals surface area contributed by atoms with Gasteiger partial charge in [0.15, 0.2) is 0 Å². The highest BCUT2D eigenvalue weighted by Crippen LogP contribution is 2.28. The highest BCUT2D eigenvalue weighted by molar-refractivity contribution is 5.11. The summed E-state index contributed by atoms with van der Waals surface area (Å²) in [5.74, 6) is 0.769. The Hall–Kier alpha value is -0.520. The van der Waals surface area contributed by atoms with Crippen LogP contribution in [0.25, 0.3) is 0 Å². The molecule has 0 bridgehead atoms. The molecule has 0 spiro atoms. The molecule has 13 heavy (non-hydrogen) atoms. The number of allylic oxidation sites excluding steroid dienone is 3. The Morgan fingerprint density at radius 1 is 1.54 bits per heavy atom. The second-order valence-corrected chi connectivity index (χ2v) is 3.53. The van der Waals surface area contributed by atoms with Gasteiger partial charge in [0.25, 0.3) is 0 Å². The van der Waals surface area contributed by atoms with Crippen LogP contribution in [0.3, 0.4) is 0 Å². The lowest BCUT2D eigenvalue weighted by molar-refractivity contribution is 0.534. The predicted molar refractivity (Wildman–Crippen MR) is 61.9 cm³/mol. The van der Waals surface area contributed by atoms with Crippen molar-refractivity contribution in [2.24, 2.45) is 5.92 Å². The van der Waals surface area contributed by atoms with Crippen molar-refractivity contribution < 1.29 is 0 Å². The monoisotopic (exact) mass is 180 g/mol. The molecule has 1 atom stereocenters. The molecule has 0 nitrogen and oxygen atoms in total. The van der Waals surface area contributed by atoms with Crippen LogP contribution in [0, 0.1) is 5.92 Å². The van der Waals surface area contributed by atoms with Crippen molar-refractivity contribution in [2.45, 2.75) is 53.4 Å². The quantitative estimate of drug-likeness (QED) is 0.539. The van der Waals surface area contributed by atoms with Gasteiger partial charge in [0, 0.05) is 0 Å². The van der Waals surface area contributed by atoms with Crippen molar-refractivity contribution in [3.63, 3.8) is 0 Å². The number of rotatable bonds is 2.